The summed E-state index contributed by atoms with van der Waals surface area (Å²) in [6, 6.07) is 24.0. The first-order chi connectivity index (χ1) is 14.7. The van der Waals surface area contributed by atoms with Crippen LogP contribution in [0.5, 0.6) is 11.6 Å². The fourth-order valence-corrected chi connectivity index (χ4v) is 3.45. The normalized spacial score (nSPS) is 10.6. The van der Waals surface area contributed by atoms with Crippen molar-refractivity contribution in [2.45, 2.75) is 20.1 Å². The van der Waals surface area contributed by atoms with E-state index in [1.54, 1.807) is 12.4 Å². The Labute approximate surface area is 184 Å². The maximum absolute atomic E-state index is 6.23. The molecule has 0 saturated heterocycles. The minimum absolute atomic E-state index is 0.433. The van der Waals surface area contributed by atoms with E-state index in [1.807, 2.05) is 79.7 Å². The molecule has 5 heteroatoms. The monoisotopic (exact) mass is 460 g/mol. The van der Waals surface area contributed by atoms with Crippen LogP contribution in [0.15, 0.2) is 89.7 Å². The van der Waals surface area contributed by atoms with Crippen LogP contribution >= 0.6 is 15.9 Å². The third-order valence-corrected chi connectivity index (χ3v) is 5.60. The number of hydrogen-bond donors (Lipinski definition) is 0. The molecule has 0 saturated carbocycles. The largest absolute Gasteiger partial charge is 0.486 e. The van der Waals surface area contributed by atoms with Gasteiger partial charge in [0.2, 0.25) is 5.88 Å². The molecule has 0 aliphatic carbocycles. The van der Waals surface area contributed by atoms with Gasteiger partial charge in [-0.25, -0.2) is 4.98 Å². The van der Waals surface area contributed by atoms with Crippen LogP contribution in [-0.4, -0.2) is 9.97 Å². The predicted octanol–water partition coefficient (Wildman–Crippen LogP) is 6.37. The Morgan fingerprint density at radius 3 is 2.03 bits per heavy atom. The average Bonchev–Trinajstić information content (AvgIpc) is 2.81. The molecule has 2 aromatic carbocycles. The number of pyridine rings is 2. The molecule has 150 valence electrons. The topological polar surface area (TPSA) is 44.2 Å². The summed E-state index contributed by atoms with van der Waals surface area (Å²) in [6.45, 7) is 2.89. The van der Waals surface area contributed by atoms with Gasteiger partial charge >= 0.3 is 0 Å². The Bertz CT molecular complexity index is 1100. The molecule has 0 fully saturated rings. The van der Waals surface area contributed by atoms with Crippen LogP contribution in [0.4, 0.5) is 0 Å². The fraction of sp³-hybridized carbons (Fsp3) is 0.120. The van der Waals surface area contributed by atoms with Crippen molar-refractivity contribution in [2.24, 2.45) is 0 Å². The van der Waals surface area contributed by atoms with Crippen molar-refractivity contribution in [3.8, 4) is 22.9 Å². The van der Waals surface area contributed by atoms with Crippen molar-refractivity contribution in [1.82, 2.24) is 9.97 Å². The molecule has 2 heterocycles. The summed E-state index contributed by atoms with van der Waals surface area (Å²) < 4.78 is 13.1. The molecule has 4 rings (SSSR count). The molecule has 0 atom stereocenters. The van der Waals surface area contributed by atoms with E-state index in [2.05, 4.69) is 20.9 Å². The lowest BCUT2D eigenvalue weighted by Gasteiger charge is -2.18. The molecule has 0 bridgehead atoms. The van der Waals surface area contributed by atoms with Gasteiger partial charge in [-0.1, -0.05) is 60.7 Å². The smallest absolute Gasteiger partial charge is 0.229 e. The molecule has 0 radical (unpaired) electrons. The second kappa shape index (κ2) is 9.55. The molecular formula is C25H21BrN2O2. The van der Waals surface area contributed by atoms with Crippen LogP contribution in [0, 0.1) is 6.92 Å². The molecule has 0 aliphatic heterocycles. The van der Waals surface area contributed by atoms with Gasteiger partial charge in [-0.2, -0.15) is 0 Å². The van der Waals surface area contributed by atoms with Crippen LogP contribution in [0.3, 0.4) is 0 Å². The van der Waals surface area contributed by atoms with Crippen molar-refractivity contribution >= 4 is 15.9 Å². The van der Waals surface area contributed by atoms with Gasteiger partial charge in [0.25, 0.3) is 0 Å². The first kappa shape index (κ1) is 20.1. The number of nitrogens with zero attached hydrogens (tertiary/aromatic N) is 2. The molecule has 30 heavy (non-hydrogen) atoms. The van der Waals surface area contributed by atoms with E-state index < -0.39 is 0 Å². The lowest BCUT2D eigenvalue weighted by Crippen LogP contribution is -2.05. The lowest BCUT2D eigenvalue weighted by atomic mass is 10.1. The zero-order chi connectivity index (χ0) is 20.8. The van der Waals surface area contributed by atoms with Crippen LogP contribution in [0.25, 0.3) is 11.3 Å². The number of ether oxygens (including phenoxy) is 2. The van der Waals surface area contributed by atoms with Crippen LogP contribution in [0.1, 0.15) is 16.7 Å². The maximum atomic E-state index is 6.23. The quantitative estimate of drug-likeness (QED) is 0.321. The van der Waals surface area contributed by atoms with Gasteiger partial charge in [-0.15, -0.1) is 0 Å². The number of halogens is 1. The molecule has 4 nitrogen and oxygen atoms in total. The van der Waals surface area contributed by atoms with Crippen molar-refractivity contribution in [3.63, 3.8) is 0 Å². The molecule has 0 amide bonds. The fourth-order valence-electron chi connectivity index (χ4n) is 3.07. The Kier molecular flexibility index (Phi) is 6.40. The summed E-state index contributed by atoms with van der Waals surface area (Å²) in [5.74, 6) is 1.24. The van der Waals surface area contributed by atoms with Crippen molar-refractivity contribution in [2.75, 3.05) is 0 Å². The molecule has 0 unspecified atom stereocenters. The van der Waals surface area contributed by atoms with Crippen LogP contribution in [-0.2, 0) is 13.2 Å². The molecular weight excluding hydrogens is 440 g/mol. The maximum Gasteiger partial charge on any atom is 0.229 e. The minimum Gasteiger partial charge on any atom is -0.486 e. The molecule has 2 aromatic heterocycles. The lowest BCUT2D eigenvalue weighted by molar-refractivity contribution is 0.284. The Morgan fingerprint density at radius 2 is 1.43 bits per heavy atom. The van der Waals surface area contributed by atoms with Gasteiger partial charge in [-0.05, 0) is 46.1 Å². The summed E-state index contributed by atoms with van der Waals surface area (Å²) >= 11 is 3.65. The van der Waals surface area contributed by atoms with Gasteiger partial charge in [0.05, 0.1) is 4.47 Å². The van der Waals surface area contributed by atoms with Gasteiger partial charge in [-0.3, -0.25) is 4.98 Å². The third kappa shape index (κ3) is 4.69. The van der Waals surface area contributed by atoms with Gasteiger partial charge in [0, 0.05) is 23.5 Å². The summed E-state index contributed by atoms with van der Waals surface area (Å²) in [5, 5.41) is 0. The van der Waals surface area contributed by atoms with E-state index >= 15 is 0 Å². The van der Waals surface area contributed by atoms with Crippen LogP contribution in [0.2, 0.25) is 0 Å². The van der Waals surface area contributed by atoms with Gasteiger partial charge in [0.1, 0.15) is 24.7 Å². The Morgan fingerprint density at radius 1 is 0.800 bits per heavy atom. The molecule has 4 aromatic rings. The SMILES string of the molecule is Cc1c(Br)c(OCc2ccccc2)nc(-c2cccnc2)c1OCc1ccccc1. The van der Waals surface area contributed by atoms with E-state index in [0.29, 0.717) is 30.5 Å². The zero-order valence-electron chi connectivity index (χ0n) is 16.6. The second-order valence-electron chi connectivity index (χ2n) is 6.82. The van der Waals surface area contributed by atoms with E-state index in [9.17, 15) is 0 Å². The standard InChI is InChI=1S/C25H21BrN2O2/c1-18-22(26)25(30-17-20-11-6-3-7-12-20)28-23(21-13-8-14-27-15-21)24(18)29-16-19-9-4-2-5-10-19/h2-15H,16-17H2,1H3. The number of hydrogen-bond acceptors (Lipinski definition) is 4. The van der Waals surface area contributed by atoms with Crippen molar-refractivity contribution in [3.05, 3.63) is 106 Å². The Hall–Kier alpha value is -3.18. The van der Waals surface area contributed by atoms with E-state index in [-0.39, 0.29) is 0 Å². The summed E-state index contributed by atoms with van der Waals surface area (Å²) in [6.07, 6.45) is 3.53. The number of rotatable bonds is 7. The van der Waals surface area contributed by atoms with Crippen molar-refractivity contribution < 1.29 is 9.47 Å². The van der Waals surface area contributed by atoms with Crippen LogP contribution < -0.4 is 9.47 Å². The minimum atomic E-state index is 0.433. The molecule has 0 aliphatic rings. The van der Waals surface area contributed by atoms with E-state index in [1.165, 1.54) is 0 Å². The van der Waals surface area contributed by atoms with E-state index in [4.69, 9.17) is 14.5 Å². The number of aromatic nitrogens is 2. The summed E-state index contributed by atoms with van der Waals surface area (Å²) in [4.78, 5) is 9.04. The zero-order valence-corrected chi connectivity index (χ0v) is 18.2. The third-order valence-electron chi connectivity index (χ3n) is 4.67. The highest BCUT2D eigenvalue weighted by atomic mass is 79.9. The molecule has 0 N–H and O–H groups in total. The second-order valence-corrected chi connectivity index (χ2v) is 7.62. The van der Waals surface area contributed by atoms with E-state index in [0.717, 1.165) is 26.7 Å². The first-order valence-electron chi connectivity index (χ1n) is 9.66. The van der Waals surface area contributed by atoms with Crippen molar-refractivity contribution in [1.29, 1.82) is 0 Å². The van der Waals surface area contributed by atoms with Gasteiger partial charge < -0.3 is 9.47 Å². The highest BCUT2D eigenvalue weighted by Gasteiger charge is 2.19. The number of benzene rings is 2. The Balaban J connectivity index is 1.68. The highest BCUT2D eigenvalue weighted by Crippen LogP contribution is 2.40. The predicted molar refractivity (Wildman–Crippen MR) is 121 cm³/mol. The van der Waals surface area contributed by atoms with Gasteiger partial charge in [0.15, 0.2) is 0 Å². The first-order valence-corrected chi connectivity index (χ1v) is 10.5. The summed E-state index contributed by atoms with van der Waals surface area (Å²) in [5.41, 5.74) is 4.69. The molecule has 0 spiro atoms. The summed E-state index contributed by atoms with van der Waals surface area (Å²) in [7, 11) is 0. The highest BCUT2D eigenvalue weighted by molar-refractivity contribution is 9.10. The average molecular weight is 461 g/mol.